The first-order valence-electron chi connectivity index (χ1n) is 10.8. The number of nitrogens with zero attached hydrogens (tertiary/aromatic N) is 5. The van der Waals surface area contributed by atoms with Gasteiger partial charge in [0.05, 0.1) is 36.4 Å². The van der Waals surface area contributed by atoms with Gasteiger partial charge < -0.3 is 14.8 Å². The van der Waals surface area contributed by atoms with Gasteiger partial charge in [0.15, 0.2) is 11.4 Å². The topological polar surface area (TPSA) is 129 Å². The first-order valence-corrected chi connectivity index (χ1v) is 13.0. The predicted octanol–water partition coefficient (Wildman–Crippen LogP) is 1.13. The van der Waals surface area contributed by atoms with Crippen LogP contribution in [-0.2, 0) is 27.9 Å². The summed E-state index contributed by atoms with van der Waals surface area (Å²) in [7, 11) is -3.76. The Bertz CT molecular complexity index is 1320. The molecular formula is C21H24N6O5S2. The molecule has 34 heavy (non-hydrogen) atoms. The molecule has 2 aliphatic heterocycles. The highest BCUT2D eigenvalue weighted by Gasteiger charge is 2.42. The SMILES string of the molecule is Cc1cc(S(=O)(=O)N2C[C@@H]3NC(=O)c4ncccc4OCCn4cc(nn4)CO[C@H]3C2)c(C)s1. The quantitative estimate of drug-likeness (QED) is 0.550. The van der Waals surface area contributed by atoms with Crippen molar-refractivity contribution in [3.05, 3.63) is 51.7 Å². The number of thiophene rings is 1. The Kier molecular flexibility index (Phi) is 6.10. The highest BCUT2D eigenvalue weighted by molar-refractivity contribution is 7.89. The molecule has 0 saturated carbocycles. The number of carbonyl (C=O) groups excluding carboxylic acids is 1. The molecular weight excluding hydrogens is 480 g/mol. The molecule has 3 aromatic heterocycles. The van der Waals surface area contributed by atoms with Crippen LogP contribution in [0, 0.1) is 13.8 Å². The molecule has 11 nitrogen and oxygen atoms in total. The van der Waals surface area contributed by atoms with Crippen LogP contribution in [0.4, 0.5) is 0 Å². The fourth-order valence-electron chi connectivity index (χ4n) is 4.12. The summed E-state index contributed by atoms with van der Waals surface area (Å²) < 4.78 is 41.6. The first-order chi connectivity index (χ1) is 16.3. The number of pyridine rings is 1. The van der Waals surface area contributed by atoms with Crippen molar-refractivity contribution in [1.82, 2.24) is 29.6 Å². The lowest BCUT2D eigenvalue weighted by atomic mass is 10.2. The maximum absolute atomic E-state index is 13.4. The number of amides is 1. The van der Waals surface area contributed by atoms with Crippen LogP contribution in [0.25, 0.3) is 0 Å². The molecule has 0 aliphatic carbocycles. The molecule has 0 unspecified atom stereocenters. The summed E-state index contributed by atoms with van der Waals surface area (Å²) >= 11 is 1.44. The second-order valence-corrected chi connectivity index (χ2v) is 11.6. The van der Waals surface area contributed by atoms with E-state index in [1.165, 1.54) is 21.8 Å². The summed E-state index contributed by atoms with van der Waals surface area (Å²) in [5, 5.41) is 11.1. The molecule has 0 radical (unpaired) electrons. The van der Waals surface area contributed by atoms with Crippen LogP contribution in [0.15, 0.2) is 35.5 Å². The average Bonchev–Trinajstić information content (AvgIpc) is 3.51. The van der Waals surface area contributed by atoms with Gasteiger partial charge in [-0.25, -0.2) is 18.1 Å². The number of hydrogen-bond acceptors (Lipinski definition) is 9. The van der Waals surface area contributed by atoms with Crippen LogP contribution >= 0.6 is 11.3 Å². The number of aromatic nitrogens is 4. The molecule has 3 aromatic rings. The summed E-state index contributed by atoms with van der Waals surface area (Å²) in [6.07, 6.45) is 2.68. The molecule has 13 heteroatoms. The first kappa shape index (κ1) is 22.9. The maximum atomic E-state index is 13.4. The molecule has 180 valence electrons. The Hall–Kier alpha value is -2.87. The highest BCUT2D eigenvalue weighted by atomic mass is 32.2. The fraction of sp³-hybridized carbons (Fsp3) is 0.429. The molecule has 1 amide bonds. The Morgan fingerprint density at radius 1 is 1.26 bits per heavy atom. The highest BCUT2D eigenvalue weighted by Crippen LogP contribution is 2.30. The zero-order chi connectivity index (χ0) is 23.9. The fourth-order valence-corrected chi connectivity index (χ4v) is 7.12. The van der Waals surface area contributed by atoms with Crippen LogP contribution in [0.2, 0.25) is 0 Å². The molecule has 2 aliphatic rings. The number of hydrogen-bond donors (Lipinski definition) is 1. The second-order valence-electron chi connectivity index (χ2n) is 8.20. The molecule has 1 saturated heterocycles. The van der Waals surface area contributed by atoms with Gasteiger partial charge >= 0.3 is 0 Å². The largest absolute Gasteiger partial charge is 0.489 e. The van der Waals surface area contributed by atoms with Crippen molar-refractivity contribution in [2.75, 3.05) is 19.7 Å². The number of carbonyl (C=O) groups is 1. The van der Waals surface area contributed by atoms with Crippen LogP contribution in [-0.4, -0.2) is 70.5 Å². The van der Waals surface area contributed by atoms with E-state index >= 15 is 0 Å². The van der Waals surface area contributed by atoms with E-state index < -0.39 is 28.1 Å². The number of aryl methyl sites for hydroxylation is 2. The number of ether oxygens (including phenoxy) is 2. The minimum atomic E-state index is -3.76. The molecule has 5 heterocycles. The lowest BCUT2D eigenvalue weighted by Crippen LogP contribution is -2.44. The molecule has 0 aromatic carbocycles. The van der Waals surface area contributed by atoms with E-state index in [0.717, 1.165) is 9.75 Å². The molecule has 5 rings (SSSR count). The van der Waals surface area contributed by atoms with E-state index in [1.54, 1.807) is 36.0 Å². The third kappa shape index (κ3) is 4.43. The van der Waals surface area contributed by atoms with Crippen LogP contribution in [0.1, 0.15) is 25.9 Å². The van der Waals surface area contributed by atoms with Gasteiger partial charge in [0, 0.05) is 29.0 Å². The van der Waals surface area contributed by atoms with Crippen molar-refractivity contribution in [3.8, 4) is 5.75 Å². The molecule has 1 fully saturated rings. The van der Waals surface area contributed by atoms with Crippen LogP contribution in [0.3, 0.4) is 0 Å². The van der Waals surface area contributed by atoms with Gasteiger partial charge in [-0.15, -0.1) is 16.4 Å². The Morgan fingerprint density at radius 2 is 2.12 bits per heavy atom. The summed E-state index contributed by atoms with van der Waals surface area (Å²) in [5.41, 5.74) is 0.734. The van der Waals surface area contributed by atoms with Gasteiger partial charge in [0.25, 0.3) is 5.91 Å². The van der Waals surface area contributed by atoms with Gasteiger partial charge in [-0.1, -0.05) is 5.21 Å². The Balaban J connectivity index is 1.46. The van der Waals surface area contributed by atoms with Gasteiger partial charge in [-0.2, -0.15) is 4.31 Å². The smallest absolute Gasteiger partial charge is 0.274 e. The van der Waals surface area contributed by atoms with Gasteiger partial charge in [0.2, 0.25) is 10.0 Å². The van der Waals surface area contributed by atoms with Crippen molar-refractivity contribution >= 4 is 27.3 Å². The van der Waals surface area contributed by atoms with Gasteiger partial charge in [0.1, 0.15) is 12.3 Å². The van der Waals surface area contributed by atoms with E-state index in [4.69, 9.17) is 9.47 Å². The van der Waals surface area contributed by atoms with Gasteiger partial charge in [-0.05, 0) is 32.0 Å². The lowest BCUT2D eigenvalue weighted by molar-refractivity contribution is 0.0320. The Morgan fingerprint density at radius 3 is 2.91 bits per heavy atom. The summed E-state index contributed by atoms with van der Waals surface area (Å²) in [6, 6.07) is 4.45. The predicted molar refractivity (Wildman–Crippen MR) is 122 cm³/mol. The van der Waals surface area contributed by atoms with Crippen molar-refractivity contribution in [2.45, 2.75) is 44.0 Å². The normalized spacial score (nSPS) is 21.8. The van der Waals surface area contributed by atoms with Gasteiger partial charge in [-0.3, -0.25) is 4.79 Å². The number of sulfonamides is 1. The Labute approximate surface area is 200 Å². The van der Waals surface area contributed by atoms with Crippen LogP contribution in [0.5, 0.6) is 5.75 Å². The minimum absolute atomic E-state index is 0.0722. The summed E-state index contributed by atoms with van der Waals surface area (Å²) in [6.45, 7) is 4.68. The number of fused-ring (bicyclic) bond motifs is 4. The number of nitrogens with one attached hydrogen (secondary N) is 1. The average molecular weight is 505 g/mol. The third-order valence-electron chi connectivity index (χ3n) is 5.76. The van der Waals surface area contributed by atoms with E-state index in [-0.39, 0.29) is 36.9 Å². The van der Waals surface area contributed by atoms with E-state index in [1.807, 2.05) is 6.92 Å². The van der Waals surface area contributed by atoms with E-state index in [9.17, 15) is 13.2 Å². The minimum Gasteiger partial charge on any atom is -0.489 e. The van der Waals surface area contributed by atoms with Crippen LogP contribution < -0.4 is 10.1 Å². The zero-order valence-electron chi connectivity index (χ0n) is 18.7. The van der Waals surface area contributed by atoms with Crippen molar-refractivity contribution in [2.24, 2.45) is 0 Å². The molecule has 1 N–H and O–H groups in total. The molecule has 2 atom stereocenters. The summed E-state index contributed by atoms with van der Waals surface area (Å²) in [4.78, 5) is 19.2. The monoisotopic (exact) mass is 504 g/mol. The number of rotatable bonds is 2. The maximum Gasteiger partial charge on any atom is 0.274 e. The van der Waals surface area contributed by atoms with E-state index in [0.29, 0.717) is 18.0 Å². The second kappa shape index (κ2) is 9.06. The van der Waals surface area contributed by atoms with Crippen molar-refractivity contribution in [1.29, 1.82) is 0 Å². The standard InChI is InChI=1S/C21H24N6O5S2/c1-13-8-19(14(2)33-13)34(29,30)27-10-16-18(11-27)32-12-15-9-26(25-24-15)6-7-31-17-4-3-5-22-20(17)21(28)23-16/h3-5,8-9,16,18H,6-7,10-12H2,1-2H3,(H,23,28)/t16-,18-/m0/s1. The molecule has 0 spiro atoms. The summed E-state index contributed by atoms with van der Waals surface area (Å²) in [5.74, 6) is -0.119. The zero-order valence-corrected chi connectivity index (χ0v) is 20.3. The third-order valence-corrected chi connectivity index (χ3v) is 8.81. The van der Waals surface area contributed by atoms with E-state index in [2.05, 4.69) is 20.6 Å². The van der Waals surface area contributed by atoms with Crippen molar-refractivity contribution < 1.29 is 22.7 Å². The molecule has 2 bridgehead atoms. The van der Waals surface area contributed by atoms with Crippen molar-refractivity contribution in [3.63, 3.8) is 0 Å². The lowest BCUT2D eigenvalue weighted by Gasteiger charge is -2.20.